The molecule has 1 fully saturated rings. The minimum absolute atomic E-state index is 0.00752. The highest BCUT2D eigenvalue weighted by atomic mass is 19.1. The van der Waals surface area contributed by atoms with Crippen molar-refractivity contribution in [1.82, 2.24) is 29.4 Å². The first-order valence-corrected chi connectivity index (χ1v) is 10.5. The topological polar surface area (TPSA) is 92.9 Å². The summed E-state index contributed by atoms with van der Waals surface area (Å²) in [7, 11) is 0. The molecular formula is C22H25FN6O3. The lowest BCUT2D eigenvalue weighted by Crippen LogP contribution is -2.42. The predicted octanol–water partition coefficient (Wildman–Crippen LogP) is 1.47. The van der Waals surface area contributed by atoms with Crippen LogP contribution < -0.4 is 0 Å². The van der Waals surface area contributed by atoms with Crippen molar-refractivity contribution >= 4 is 17.6 Å². The van der Waals surface area contributed by atoms with E-state index in [1.165, 1.54) is 27.9 Å². The van der Waals surface area contributed by atoms with Crippen LogP contribution in [0.25, 0.3) is 5.78 Å². The van der Waals surface area contributed by atoms with Gasteiger partial charge in [0.25, 0.3) is 5.78 Å². The van der Waals surface area contributed by atoms with Gasteiger partial charge in [-0.1, -0.05) is 12.1 Å². The monoisotopic (exact) mass is 440 g/mol. The molecule has 1 saturated heterocycles. The number of nitrogens with zero attached hydrogens (tertiary/aromatic N) is 6. The molecule has 9 nitrogen and oxygen atoms in total. The third-order valence-electron chi connectivity index (χ3n) is 5.39. The Morgan fingerprint density at radius 3 is 2.72 bits per heavy atom. The van der Waals surface area contributed by atoms with Gasteiger partial charge in [0.2, 0.25) is 11.8 Å². The number of hydrogen-bond donors (Lipinski definition) is 0. The summed E-state index contributed by atoms with van der Waals surface area (Å²) in [5.41, 5.74) is 1.50. The van der Waals surface area contributed by atoms with E-state index in [2.05, 4.69) is 15.1 Å². The van der Waals surface area contributed by atoms with Gasteiger partial charge < -0.3 is 14.5 Å². The highest BCUT2D eigenvalue weighted by Gasteiger charge is 2.32. The molecular weight excluding hydrogens is 415 g/mol. The minimum atomic E-state index is -0.367. The van der Waals surface area contributed by atoms with Crippen molar-refractivity contribution in [2.24, 2.45) is 0 Å². The molecule has 1 aromatic carbocycles. The Morgan fingerprint density at radius 2 is 1.97 bits per heavy atom. The lowest BCUT2D eigenvalue weighted by molar-refractivity contribution is -0.139. The van der Waals surface area contributed by atoms with Gasteiger partial charge in [-0.25, -0.2) is 13.9 Å². The quantitative estimate of drug-likeness (QED) is 0.576. The maximum atomic E-state index is 13.2. The van der Waals surface area contributed by atoms with Crippen molar-refractivity contribution < 1.29 is 18.7 Å². The van der Waals surface area contributed by atoms with Crippen LogP contribution in [0.1, 0.15) is 25.0 Å². The molecule has 0 bridgehead atoms. The van der Waals surface area contributed by atoms with E-state index in [4.69, 9.17) is 4.74 Å². The van der Waals surface area contributed by atoms with E-state index in [0.717, 1.165) is 5.56 Å². The summed E-state index contributed by atoms with van der Waals surface area (Å²) in [6.07, 6.45) is 4.40. The first kappa shape index (κ1) is 21.8. The fourth-order valence-corrected chi connectivity index (χ4v) is 3.67. The largest absolute Gasteiger partial charge is 0.370 e. The van der Waals surface area contributed by atoms with Gasteiger partial charge in [-0.3, -0.25) is 9.59 Å². The fraction of sp³-hybridized carbons (Fsp3) is 0.409. The number of hydrogen-bond acceptors (Lipinski definition) is 6. The number of amides is 2. The van der Waals surface area contributed by atoms with Gasteiger partial charge in [-0.2, -0.15) is 10.1 Å². The van der Waals surface area contributed by atoms with Crippen LogP contribution in [0.3, 0.4) is 0 Å². The molecule has 3 heterocycles. The van der Waals surface area contributed by atoms with Gasteiger partial charge >= 0.3 is 0 Å². The number of carbonyl (C=O) groups is 2. The summed E-state index contributed by atoms with van der Waals surface area (Å²) < 4.78 is 20.7. The van der Waals surface area contributed by atoms with Gasteiger partial charge in [0.1, 0.15) is 12.1 Å². The van der Waals surface area contributed by atoms with E-state index in [0.29, 0.717) is 17.9 Å². The van der Waals surface area contributed by atoms with Crippen molar-refractivity contribution in [2.75, 3.05) is 19.6 Å². The molecule has 2 amide bonds. The van der Waals surface area contributed by atoms with Crippen LogP contribution in [-0.4, -0.2) is 73.0 Å². The third kappa shape index (κ3) is 5.08. The van der Waals surface area contributed by atoms with Crippen LogP contribution in [-0.2, 0) is 27.4 Å². The Hall–Kier alpha value is -3.40. The first-order chi connectivity index (χ1) is 15.4. The number of ether oxygens (including phenoxy) is 1. The van der Waals surface area contributed by atoms with Crippen LogP contribution in [0.5, 0.6) is 0 Å². The Balaban J connectivity index is 1.47. The number of aromatic nitrogens is 4. The van der Waals surface area contributed by atoms with Gasteiger partial charge in [0, 0.05) is 31.5 Å². The summed E-state index contributed by atoms with van der Waals surface area (Å²) in [5.74, 6) is -0.171. The maximum absolute atomic E-state index is 13.2. The summed E-state index contributed by atoms with van der Waals surface area (Å²) >= 11 is 0. The molecule has 32 heavy (non-hydrogen) atoms. The average Bonchev–Trinajstić information content (AvgIpc) is 3.16. The Labute approximate surface area is 184 Å². The van der Waals surface area contributed by atoms with E-state index >= 15 is 0 Å². The zero-order valence-corrected chi connectivity index (χ0v) is 18.0. The van der Waals surface area contributed by atoms with Gasteiger partial charge in [0.15, 0.2) is 0 Å². The molecule has 1 unspecified atom stereocenters. The normalized spacial score (nSPS) is 17.2. The second kappa shape index (κ2) is 9.39. The summed E-state index contributed by atoms with van der Waals surface area (Å²) in [4.78, 5) is 37.3. The molecule has 1 atom stereocenters. The smallest absolute Gasteiger partial charge is 0.252 e. The Kier molecular flexibility index (Phi) is 6.40. The van der Waals surface area contributed by atoms with E-state index in [9.17, 15) is 14.0 Å². The molecule has 2 aromatic heterocycles. The second-order valence-corrected chi connectivity index (χ2v) is 8.12. The van der Waals surface area contributed by atoms with Crippen LogP contribution in [0, 0.1) is 5.82 Å². The Morgan fingerprint density at radius 1 is 1.19 bits per heavy atom. The zero-order chi connectivity index (χ0) is 22.7. The van der Waals surface area contributed by atoms with E-state index < -0.39 is 0 Å². The van der Waals surface area contributed by atoms with Gasteiger partial charge in [-0.15, -0.1) is 0 Å². The SMILES string of the molecule is CC(C)N1CC(OCc2ccc(F)cc2)CN(C(=O)Cc2cnc3ncnn3c2)CC1=O. The standard InChI is InChI=1S/C22H25FN6O3/c1-15(2)28-11-19(32-13-16-3-5-18(23)6-4-16)10-27(12-21(28)31)20(30)7-17-8-24-22-25-14-26-29(22)9-17/h3-6,8-9,14-15,19H,7,10-13H2,1-2H3. The molecule has 1 aliphatic heterocycles. The molecule has 0 radical (unpaired) electrons. The number of rotatable bonds is 6. The van der Waals surface area contributed by atoms with E-state index in [1.807, 2.05) is 13.8 Å². The molecule has 168 valence electrons. The predicted molar refractivity (Wildman–Crippen MR) is 113 cm³/mol. The van der Waals surface area contributed by atoms with Crippen LogP contribution in [0.15, 0.2) is 43.0 Å². The summed E-state index contributed by atoms with van der Waals surface area (Å²) in [6, 6.07) is 6.06. The summed E-state index contributed by atoms with van der Waals surface area (Å²) in [6.45, 7) is 4.80. The summed E-state index contributed by atoms with van der Waals surface area (Å²) in [5, 5.41) is 4.04. The average molecular weight is 440 g/mol. The van der Waals surface area contributed by atoms with Crippen LogP contribution in [0.2, 0.25) is 0 Å². The van der Waals surface area contributed by atoms with Gasteiger partial charge in [-0.05, 0) is 37.1 Å². The molecule has 4 rings (SSSR count). The highest BCUT2D eigenvalue weighted by molar-refractivity contribution is 5.86. The number of fused-ring (bicyclic) bond motifs is 1. The van der Waals surface area contributed by atoms with Crippen molar-refractivity contribution in [2.45, 2.75) is 39.0 Å². The Bertz CT molecular complexity index is 1100. The fourth-order valence-electron chi connectivity index (χ4n) is 3.67. The highest BCUT2D eigenvalue weighted by Crippen LogP contribution is 2.15. The molecule has 0 aliphatic carbocycles. The third-order valence-corrected chi connectivity index (χ3v) is 5.39. The number of carbonyl (C=O) groups excluding carboxylic acids is 2. The molecule has 10 heteroatoms. The van der Waals surface area contributed by atoms with Crippen molar-refractivity contribution in [3.8, 4) is 0 Å². The zero-order valence-electron chi connectivity index (χ0n) is 18.0. The number of halogens is 1. The molecule has 3 aromatic rings. The lowest BCUT2D eigenvalue weighted by Gasteiger charge is -2.27. The minimum Gasteiger partial charge on any atom is -0.370 e. The van der Waals surface area contributed by atoms with Gasteiger partial charge in [0.05, 0.1) is 25.7 Å². The molecule has 1 aliphatic rings. The van der Waals surface area contributed by atoms with Crippen LogP contribution in [0.4, 0.5) is 4.39 Å². The molecule has 0 spiro atoms. The van der Waals surface area contributed by atoms with E-state index in [1.54, 1.807) is 29.4 Å². The second-order valence-electron chi connectivity index (χ2n) is 8.12. The lowest BCUT2D eigenvalue weighted by atomic mass is 10.2. The van der Waals surface area contributed by atoms with E-state index in [-0.39, 0.29) is 55.9 Å². The first-order valence-electron chi connectivity index (χ1n) is 10.5. The molecule has 0 saturated carbocycles. The van der Waals surface area contributed by atoms with Crippen LogP contribution >= 0.6 is 0 Å². The van der Waals surface area contributed by atoms with Crippen molar-refractivity contribution in [3.63, 3.8) is 0 Å². The molecule has 0 N–H and O–H groups in total. The number of benzene rings is 1. The van der Waals surface area contributed by atoms with Crippen molar-refractivity contribution in [3.05, 3.63) is 59.9 Å². The van der Waals surface area contributed by atoms with Crippen molar-refractivity contribution in [1.29, 1.82) is 0 Å². The maximum Gasteiger partial charge on any atom is 0.252 e.